The van der Waals surface area contributed by atoms with Crippen molar-refractivity contribution in [1.82, 2.24) is 15.1 Å². The molecule has 1 aromatic carbocycles. The zero-order valence-electron chi connectivity index (χ0n) is 14.3. The fourth-order valence-electron chi connectivity index (χ4n) is 2.74. The summed E-state index contributed by atoms with van der Waals surface area (Å²) >= 11 is 0. The first-order valence-corrected chi connectivity index (χ1v) is 8.19. The SMILES string of the molecule is CNCc1cc(OCc2cc(F)c(F)cc2F)n(CC2(C(F)(F)F)CC2)n1. The lowest BCUT2D eigenvalue weighted by Crippen LogP contribution is -2.30. The van der Waals surface area contributed by atoms with Crippen LogP contribution in [0.3, 0.4) is 0 Å². The minimum Gasteiger partial charge on any atom is -0.473 e. The molecule has 0 spiro atoms. The summed E-state index contributed by atoms with van der Waals surface area (Å²) < 4.78 is 86.2. The number of nitrogens with zero attached hydrogens (tertiary/aromatic N) is 2. The summed E-state index contributed by atoms with van der Waals surface area (Å²) in [5.41, 5.74) is -1.66. The van der Waals surface area contributed by atoms with E-state index in [1.54, 1.807) is 7.05 Å². The molecule has 1 heterocycles. The molecule has 1 aromatic heterocycles. The number of rotatable bonds is 7. The van der Waals surface area contributed by atoms with E-state index in [1.807, 2.05) is 0 Å². The molecule has 3 rings (SSSR count). The second-order valence-corrected chi connectivity index (χ2v) is 6.59. The summed E-state index contributed by atoms with van der Waals surface area (Å²) in [6, 6.07) is 2.47. The predicted octanol–water partition coefficient (Wildman–Crippen LogP) is 3.94. The maximum absolute atomic E-state index is 13.7. The molecule has 1 N–H and O–H groups in total. The molecule has 148 valence electrons. The molecule has 0 bridgehead atoms. The maximum atomic E-state index is 13.7. The van der Waals surface area contributed by atoms with Crippen molar-refractivity contribution in [2.24, 2.45) is 5.41 Å². The first kappa shape index (κ1) is 19.5. The fourth-order valence-corrected chi connectivity index (χ4v) is 2.74. The van der Waals surface area contributed by atoms with E-state index >= 15 is 0 Å². The normalized spacial score (nSPS) is 15.8. The number of nitrogens with one attached hydrogen (secondary N) is 1. The average Bonchev–Trinajstić information content (AvgIpc) is 3.27. The van der Waals surface area contributed by atoms with Gasteiger partial charge in [0.25, 0.3) is 0 Å². The van der Waals surface area contributed by atoms with Crippen LogP contribution in [0.2, 0.25) is 0 Å². The molecule has 1 aliphatic rings. The summed E-state index contributed by atoms with van der Waals surface area (Å²) in [7, 11) is 1.65. The molecule has 1 saturated carbocycles. The second-order valence-electron chi connectivity index (χ2n) is 6.59. The lowest BCUT2D eigenvalue weighted by molar-refractivity contribution is -0.191. The third kappa shape index (κ3) is 4.05. The molecule has 0 aliphatic heterocycles. The molecular formula is C17H17F6N3O. The quantitative estimate of drug-likeness (QED) is 0.572. The van der Waals surface area contributed by atoms with Crippen LogP contribution in [0.25, 0.3) is 0 Å². The van der Waals surface area contributed by atoms with Crippen molar-refractivity contribution in [2.45, 2.75) is 38.7 Å². The Morgan fingerprint density at radius 1 is 1.11 bits per heavy atom. The summed E-state index contributed by atoms with van der Waals surface area (Å²) in [6.07, 6.45) is -4.38. The van der Waals surface area contributed by atoms with Crippen LogP contribution >= 0.6 is 0 Å². The van der Waals surface area contributed by atoms with Crippen molar-refractivity contribution in [2.75, 3.05) is 7.05 Å². The summed E-state index contributed by atoms with van der Waals surface area (Å²) in [5, 5.41) is 6.93. The van der Waals surface area contributed by atoms with Crippen LogP contribution < -0.4 is 10.1 Å². The van der Waals surface area contributed by atoms with Crippen molar-refractivity contribution in [3.8, 4) is 5.88 Å². The zero-order valence-corrected chi connectivity index (χ0v) is 14.3. The highest BCUT2D eigenvalue weighted by Gasteiger charge is 2.63. The fraction of sp³-hybridized carbons (Fsp3) is 0.471. The van der Waals surface area contributed by atoms with Gasteiger partial charge < -0.3 is 10.1 Å². The lowest BCUT2D eigenvalue weighted by atomic mass is 10.1. The van der Waals surface area contributed by atoms with E-state index < -0.39 is 42.2 Å². The van der Waals surface area contributed by atoms with Crippen LogP contribution in [0, 0.1) is 22.9 Å². The first-order valence-electron chi connectivity index (χ1n) is 8.19. The van der Waals surface area contributed by atoms with E-state index in [2.05, 4.69) is 10.4 Å². The van der Waals surface area contributed by atoms with Crippen molar-refractivity contribution in [3.05, 3.63) is 46.9 Å². The molecule has 10 heteroatoms. The third-order valence-corrected chi connectivity index (χ3v) is 4.52. The van der Waals surface area contributed by atoms with Crippen LogP contribution in [0.15, 0.2) is 18.2 Å². The Kier molecular flexibility index (Phi) is 5.11. The van der Waals surface area contributed by atoms with Gasteiger partial charge in [0.2, 0.25) is 5.88 Å². The Hall–Kier alpha value is -2.23. The Balaban J connectivity index is 1.81. The molecule has 2 aromatic rings. The Morgan fingerprint density at radius 3 is 2.37 bits per heavy atom. The average molecular weight is 393 g/mol. The van der Waals surface area contributed by atoms with Crippen LogP contribution in [0.1, 0.15) is 24.1 Å². The molecule has 0 radical (unpaired) electrons. The number of hydrogen-bond donors (Lipinski definition) is 1. The van der Waals surface area contributed by atoms with Crippen molar-refractivity contribution in [1.29, 1.82) is 0 Å². The monoisotopic (exact) mass is 393 g/mol. The van der Waals surface area contributed by atoms with Crippen molar-refractivity contribution in [3.63, 3.8) is 0 Å². The zero-order chi connectivity index (χ0) is 19.8. The van der Waals surface area contributed by atoms with Gasteiger partial charge in [-0.1, -0.05) is 0 Å². The smallest absolute Gasteiger partial charge is 0.396 e. The summed E-state index contributed by atoms with van der Waals surface area (Å²) in [6.45, 7) is -0.607. The van der Waals surface area contributed by atoms with Crippen LogP contribution in [-0.2, 0) is 19.7 Å². The van der Waals surface area contributed by atoms with Gasteiger partial charge in [-0.25, -0.2) is 17.9 Å². The van der Waals surface area contributed by atoms with Crippen LogP contribution in [0.5, 0.6) is 5.88 Å². The maximum Gasteiger partial charge on any atom is 0.396 e. The summed E-state index contributed by atoms with van der Waals surface area (Å²) in [4.78, 5) is 0. The standard InChI is InChI=1S/C17H17F6N3O/c1-24-7-11-5-15(26(25-11)9-16(2-3-16)17(21,22)23)27-8-10-4-13(19)14(20)6-12(10)18/h4-6,24H,2-3,7-9H2,1H3. The molecule has 0 saturated heterocycles. The van der Waals surface area contributed by atoms with E-state index in [1.165, 1.54) is 6.07 Å². The van der Waals surface area contributed by atoms with Gasteiger partial charge in [0.05, 0.1) is 17.7 Å². The topological polar surface area (TPSA) is 39.1 Å². The molecule has 1 aliphatic carbocycles. The van der Waals surface area contributed by atoms with Crippen molar-refractivity contribution < 1.29 is 31.1 Å². The van der Waals surface area contributed by atoms with Gasteiger partial charge in [-0.15, -0.1) is 0 Å². The van der Waals surface area contributed by atoms with E-state index in [9.17, 15) is 26.3 Å². The van der Waals surface area contributed by atoms with Gasteiger partial charge in [-0.3, -0.25) is 0 Å². The minimum absolute atomic E-state index is 0.0000850. The molecule has 4 nitrogen and oxygen atoms in total. The van der Waals surface area contributed by atoms with Gasteiger partial charge in [0.15, 0.2) is 11.6 Å². The summed E-state index contributed by atoms with van der Waals surface area (Å²) in [5.74, 6) is -3.59. The highest BCUT2D eigenvalue weighted by atomic mass is 19.4. The number of ether oxygens (including phenoxy) is 1. The molecule has 0 atom stereocenters. The van der Waals surface area contributed by atoms with Crippen LogP contribution in [-0.4, -0.2) is 23.0 Å². The van der Waals surface area contributed by atoms with E-state index in [0.29, 0.717) is 24.4 Å². The molecule has 0 unspecified atom stereocenters. The molecule has 0 amide bonds. The molecular weight excluding hydrogens is 376 g/mol. The number of hydrogen-bond acceptors (Lipinski definition) is 3. The highest BCUT2D eigenvalue weighted by Crippen LogP contribution is 2.58. The van der Waals surface area contributed by atoms with E-state index in [4.69, 9.17) is 4.74 Å². The van der Waals surface area contributed by atoms with Gasteiger partial charge in [-0.2, -0.15) is 18.3 Å². The number of halogens is 6. The van der Waals surface area contributed by atoms with E-state index in [0.717, 1.165) is 4.68 Å². The lowest BCUT2D eigenvalue weighted by Gasteiger charge is -2.20. The second kappa shape index (κ2) is 7.06. The van der Waals surface area contributed by atoms with Crippen molar-refractivity contribution >= 4 is 0 Å². The largest absolute Gasteiger partial charge is 0.473 e. The minimum atomic E-state index is -4.37. The number of alkyl halides is 3. The Bertz CT molecular complexity index is 829. The van der Waals surface area contributed by atoms with Crippen LogP contribution in [0.4, 0.5) is 26.3 Å². The van der Waals surface area contributed by atoms with Gasteiger partial charge in [-0.05, 0) is 26.0 Å². The first-order chi connectivity index (χ1) is 12.6. The van der Waals surface area contributed by atoms with Gasteiger partial charge in [0, 0.05) is 24.2 Å². The Morgan fingerprint density at radius 2 is 1.78 bits per heavy atom. The Labute approximate surface area is 151 Å². The molecule has 1 fully saturated rings. The predicted molar refractivity (Wildman–Crippen MR) is 83.4 cm³/mol. The van der Waals surface area contributed by atoms with Gasteiger partial charge >= 0.3 is 6.18 Å². The molecule has 27 heavy (non-hydrogen) atoms. The van der Waals surface area contributed by atoms with E-state index in [-0.39, 0.29) is 24.3 Å². The number of aromatic nitrogens is 2. The number of benzene rings is 1. The highest BCUT2D eigenvalue weighted by molar-refractivity contribution is 5.22. The van der Waals surface area contributed by atoms with Gasteiger partial charge in [0.1, 0.15) is 12.4 Å². The third-order valence-electron chi connectivity index (χ3n) is 4.52.